The smallest absolute Gasteiger partial charge is 0.330 e. The number of carbonyl (C=O) groups excluding carboxylic acids is 1. The molecule has 1 aliphatic heterocycles. The summed E-state index contributed by atoms with van der Waals surface area (Å²) in [5.41, 5.74) is 0.644. The molecule has 0 saturated carbocycles. The maximum atomic E-state index is 11.9. The number of benzene rings is 2. The van der Waals surface area contributed by atoms with Gasteiger partial charge in [0.25, 0.3) is 0 Å². The van der Waals surface area contributed by atoms with Crippen LogP contribution in [-0.2, 0) is 14.3 Å². The molecule has 10 heteroatoms. The molecule has 3 rings (SSSR count). The zero-order valence-corrected chi connectivity index (χ0v) is 16.1. The fraction of sp³-hybridized carbons (Fsp3) is 0.286. The topological polar surface area (TPSA) is 166 Å². The molecule has 31 heavy (non-hydrogen) atoms. The van der Waals surface area contributed by atoms with Crippen molar-refractivity contribution in [3.63, 3.8) is 0 Å². The Morgan fingerprint density at radius 3 is 2.19 bits per heavy atom. The van der Waals surface area contributed by atoms with Crippen LogP contribution >= 0.6 is 0 Å². The van der Waals surface area contributed by atoms with Crippen molar-refractivity contribution in [1.29, 1.82) is 0 Å². The molecule has 0 amide bonds. The summed E-state index contributed by atoms with van der Waals surface area (Å²) in [6.45, 7) is -0.450. The molecule has 1 heterocycles. The van der Waals surface area contributed by atoms with E-state index >= 15 is 0 Å². The maximum Gasteiger partial charge on any atom is 0.330 e. The number of esters is 1. The third-order valence-corrected chi connectivity index (χ3v) is 4.49. The van der Waals surface area contributed by atoms with Crippen molar-refractivity contribution in [2.45, 2.75) is 30.7 Å². The Balaban J connectivity index is 1.60. The summed E-state index contributed by atoms with van der Waals surface area (Å²) >= 11 is 0. The molecule has 5 atom stereocenters. The third-order valence-electron chi connectivity index (χ3n) is 4.49. The van der Waals surface area contributed by atoms with Crippen LogP contribution in [0.1, 0.15) is 5.56 Å². The van der Waals surface area contributed by atoms with Crippen LogP contribution in [0, 0.1) is 0 Å². The molecule has 0 aromatic heterocycles. The first-order valence-electron chi connectivity index (χ1n) is 9.26. The zero-order chi connectivity index (χ0) is 22.5. The molecule has 10 nitrogen and oxygen atoms in total. The zero-order valence-electron chi connectivity index (χ0n) is 16.1. The van der Waals surface area contributed by atoms with E-state index in [-0.39, 0.29) is 23.0 Å². The maximum absolute atomic E-state index is 11.9. The number of phenolic OH excluding ortho intramolecular Hbond substituents is 3. The average Bonchev–Trinajstić information content (AvgIpc) is 2.72. The van der Waals surface area contributed by atoms with Crippen LogP contribution in [0.25, 0.3) is 6.08 Å². The number of hydrogen-bond donors (Lipinski definition) is 6. The van der Waals surface area contributed by atoms with Crippen molar-refractivity contribution in [2.75, 3.05) is 6.61 Å². The van der Waals surface area contributed by atoms with E-state index < -0.39 is 43.3 Å². The van der Waals surface area contributed by atoms with Gasteiger partial charge in [-0.2, -0.15) is 0 Å². The van der Waals surface area contributed by atoms with E-state index in [0.29, 0.717) is 5.56 Å². The molecule has 0 spiro atoms. The van der Waals surface area contributed by atoms with Gasteiger partial charge in [0.05, 0.1) is 0 Å². The van der Waals surface area contributed by atoms with Gasteiger partial charge in [0.2, 0.25) is 6.29 Å². The quantitative estimate of drug-likeness (QED) is 0.274. The van der Waals surface area contributed by atoms with E-state index in [1.54, 1.807) is 12.1 Å². The predicted molar refractivity (Wildman–Crippen MR) is 105 cm³/mol. The number of ether oxygens (including phenoxy) is 3. The van der Waals surface area contributed by atoms with Crippen molar-refractivity contribution in [2.24, 2.45) is 0 Å². The lowest BCUT2D eigenvalue weighted by Gasteiger charge is -2.39. The van der Waals surface area contributed by atoms with Crippen molar-refractivity contribution in [1.82, 2.24) is 0 Å². The van der Waals surface area contributed by atoms with Crippen molar-refractivity contribution >= 4 is 12.0 Å². The monoisotopic (exact) mass is 434 g/mol. The summed E-state index contributed by atoms with van der Waals surface area (Å²) in [6.07, 6.45) is -4.99. The van der Waals surface area contributed by atoms with E-state index in [9.17, 15) is 35.4 Å². The van der Waals surface area contributed by atoms with Crippen LogP contribution < -0.4 is 4.74 Å². The van der Waals surface area contributed by atoms with Gasteiger partial charge in [0, 0.05) is 24.3 Å². The second-order valence-electron chi connectivity index (χ2n) is 6.87. The molecule has 0 aliphatic carbocycles. The van der Waals surface area contributed by atoms with Crippen LogP contribution in [0.4, 0.5) is 0 Å². The van der Waals surface area contributed by atoms with Gasteiger partial charge in [-0.15, -0.1) is 0 Å². The summed E-state index contributed by atoms with van der Waals surface area (Å²) < 4.78 is 15.8. The predicted octanol–water partition coefficient (Wildman–Crippen LogP) is 0.246. The fourth-order valence-corrected chi connectivity index (χ4v) is 2.88. The standard InChI is InChI=1S/C21H22O10/c22-12-4-1-11(2-5-12)3-6-17(25)29-10-16-18(26)19(27)20(28)21(31-16)30-15-8-13(23)7-14(24)9-15/h1-9,16,18-24,26-28H,10H2/b6-3-/t16-,18-,19+,20-,21-/m1/s1. The number of aliphatic hydroxyl groups is 3. The van der Waals surface area contributed by atoms with E-state index in [1.807, 2.05) is 0 Å². The Bertz CT molecular complexity index is 906. The van der Waals surface area contributed by atoms with Gasteiger partial charge < -0.3 is 44.8 Å². The van der Waals surface area contributed by atoms with E-state index in [0.717, 1.165) is 24.3 Å². The summed E-state index contributed by atoms with van der Waals surface area (Å²) in [7, 11) is 0. The minimum absolute atomic E-state index is 0.0577. The number of aliphatic hydroxyl groups excluding tert-OH is 3. The molecule has 1 saturated heterocycles. The molecule has 0 bridgehead atoms. The highest BCUT2D eigenvalue weighted by Crippen LogP contribution is 2.29. The van der Waals surface area contributed by atoms with Gasteiger partial charge in [-0.05, 0) is 23.8 Å². The van der Waals surface area contributed by atoms with Crippen molar-refractivity contribution < 1.29 is 49.6 Å². The van der Waals surface area contributed by atoms with Gasteiger partial charge >= 0.3 is 5.97 Å². The molecule has 1 aliphatic rings. The number of phenols is 3. The Hall–Kier alpha value is -3.31. The first-order valence-corrected chi connectivity index (χ1v) is 9.26. The van der Waals surface area contributed by atoms with Gasteiger partial charge in [-0.25, -0.2) is 4.79 Å². The largest absolute Gasteiger partial charge is 0.508 e. The summed E-state index contributed by atoms with van der Waals surface area (Å²) in [4.78, 5) is 11.9. The third kappa shape index (κ3) is 5.86. The molecule has 6 N–H and O–H groups in total. The van der Waals surface area contributed by atoms with Crippen molar-refractivity contribution in [3.8, 4) is 23.0 Å². The fourth-order valence-electron chi connectivity index (χ4n) is 2.88. The minimum atomic E-state index is -1.67. The second kappa shape index (κ2) is 9.67. The lowest BCUT2D eigenvalue weighted by Crippen LogP contribution is -2.60. The molecular weight excluding hydrogens is 412 g/mol. The molecule has 2 aromatic rings. The first kappa shape index (κ1) is 22.4. The number of rotatable bonds is 6. The Labute approximate surface area is 176 Å². The molecule has 2 aromatic carbocycles. The number of carbonyl (C=O) groups is 1. The Morgan fingerprint density at radius 1 is 0.903 bits per heavy atom. The molecule has 166 valence electrons. The van der Waals surface area contributed by atoms with Gasteiger partial charge in [0.15, 0.2) is 0 Å². The number of aromatic hydroxyl groups is 3. The average molecular weight is 434 g/mol. The van der Waals surface area contributed by atoms with Gasteiger partial charge in [0.1, 0.15) is 54.0 Å². The van der Waals surface area contributed by atoms with Crippen LogP contribution in [0.5, 0.6) is 23.0 Å². The highest BCUT2D eigenvalue weighted by atomic mass is 16.7. The van der Waals surface area contributed by atoms with Crippen LogP contribution in [-0.4, -0.2) is 73.9 Å². The lowest BCUT2D eigenvalue weighted by atomic mass is 9.99. The summed E-state index contributed by atoms with van der Waals surface area (Å²) in [5.74, 6) is -1.32. The highest BCUT2D eigenvalue weighted by Gasteiger charge is 2.45. The van der Waals surface area contributed by atoms with E-state index in [1.165, 1.54) is 18.2 Å². The summed E-state index contributed by atoms with van der Waals surface area (Å²) in [6, 6.07) is 9.45. The van der Waals surface area contributed by atoms with Gasteiger partial charge in [-0.3, -0.25) is 0 Å². The SMILES string of the molecule is O=C(/C=C\c1ccc(O)cc1)OC[C@H]1O[C@@H](Oc2cc(O)cc(O)c2)[C@H](O)[C@@H](O)[C@@H]1O. The van der Waals surface area contributed by atoms with Crippen molar-refractivity contribution in [3.05, 3.63) is 54.1 Å². The molecule has 1 fully saturated rings. The lowest BCUT2D eigenvalue weighted by molar-refractivity contribution is -0.278. The number of hydrogen-bond acceptors (Lipinski definition) is 10. The molecule has 0 unspecified atom stereocenters. The highest BCUT2D eigenvalue weighted by molar-refractivity contribution is 5.87. The molecular formula is C21H22O10. The van der Waals surface area contributed by atoms with E-state index in [4.69, 9.17) is 14.2 Å². The van der Waals surface area contributed by atoms with Crippen LogP contribution in [0.3, 0.4) is 0 Å². The minimum Gasteiger partial charge on any atom is -0.508 e. The Kier molecular flexibility index (Phi) is 6.98. The van der Waals surface area contributed by atoms with Gasteiger partial charge in [-0.1, -0.05) is 12.1 Å². The normalized spacial score (nSPS) is 26.0. The second-order valence-corrected chi connectivity index (χ2v) is 6.87. The first-order chi connectivity index (χ1) is 14.7. The summed E-state index contributed by atoms with van der Waals surface area (Å²) in [5, 5.41) is 58.6. The van der Waals surface area contributed by atoms with E-state index in [2.05, 4.69) is 0 Å². The van der Waals surface area contributed by atoms with Crippen LogP contribution in [0.15, 0.2) is 48.5 Å². The Morgan fingerprint density at radius 2 is 1.55 bits per heavy atom. The molecule has 0 radical (unpaired) electrons. The van der Waals surface area contributed by atoms with Crippen LogP contribution in [0.2, 0.25) is 0 Å².